The van der Waals surface area contributed by atoms with Crippen LogP contribution >= 0.6 is 69.6 Å². The maximum absolute atomic E-state index is 12.9. The molecule has 1 aromatic rings. The molecule has 0 aliphatic carbocycles. The number of halogens is 7. The zero-order valence-electron chi connectivity index (χ0n) is 6.90. The lowest BCUT2D eigenvalue weighted by molar-refractivity contribution is 0.283. The quantitative estimate of drug-likeness (QED) is 0.727. The predicted molar refractivity (Wildman–Crippen MR) is 59.9 cm³/mol. The molecule has 0 aromatic carbocycles. The van der Waals surface area contributed by atoms with Crippen molar-refractivity contribution in [1.29, 1.82) is 0 Å². The van der Waals surface area contributed by atoms with E-state index in [-0.39, 0.29) is 0 Å². The number of ether oxygens (including phenoxy) is 1. The highest BCUT2D eigenvalue weighted by Crippen LogP contribution is 2.36. The van der Waals surface area contributed by atoms with Gasteiger partial charge in [-0.1, -0.05) is 34.8 Å². The molecule has 0 unspecified atom stereocenters. The number of rotatable bonds is 1. The monoisotopic (exact) mass is 347 g/mol. The molecule has 11 heteroatoms. The number of alkyl halides is 6. The minimum absolute atomic E-state index is 0.491. The van der Waals surface area contributed by atoms with E-state index in [1.807, 2.05) is 0 Å². The highest BCUT2D eigenvalue weighted by Gasteiger charge is 2.31. The van der Waals surface area contributed by atoms with Crippen LogP contribution in [0.15, 0.2) is 0 Å². The molecule has 0 N–H and O–H groups in total. The van der Waals surface area contributed by atoms with Crippen molar-refractivity contribution in [3.63, 3.8) is 0 Å². The van der Waals surface area contributed by atoms with Crippen molar-refractivity contribution < 1.29 is 9.13 Å². The van der Waals surface area contributed by atoms with Crippen molar-refractivity contribution in [3.05, 3.63) is 11.9 Å². The molecule has 0 atom stereocenters. The molecule has 0 saturated heterocycles. The average Bonchev–Trinajstić information content (AvgIpc) is 1.97. The normalized spacial score (nSPS) is 12.7. The van der Waals surface area contributed by atoms with Crippen molar-refractivity contribution in [2.75, 3.05) is 0 Å². The Bertz CT molecular complexity index is 391. The Morgan fingerprint density at radius 1 is 0.938 bits per heavy atom. The smallest absolute Gasteiger partial charge is 0.341 e. The van der Waals surface area contributed by atoms with Crippen LogP contribution in [0.25, 0.3) is 0 Å². The van der Waals surface area contributed by atoms with E-state index >= 15 is 0 Å². The second-order valence-corrected chi connectivity index (χ2v) is 6.71. The van der Waals surface area contributed by atoms with E-state index in [2.05, 4.69) is 19.7 Å². The van der Waals surface area contributed by atoms with Crippen molar-refractivity contribution in [2.45, 2.75) is 7.77 Å². The second kappa shape index (κ2) is 5.00. The molecule has 90 valence electrons. The zero-order chi connectivity index (χ0) is 12.6. The maximum atomic E-state index is 12.9. The van der Waals surface area contributed by atoms with Gasteiger partial charge in [-0.05, 0) is 34.8 Å². The topological polar surface area (TPSA) is 47.9 Å². The lowest BCUT2D eigenvalue weighted by Gasteiger charge is -2.13. The predicted octanol–water partition coefficient (Wildman–Crippen LogP) is 3.54. The van der Waals surface area contributed by atoms with E-state index in [0.29, 0.717) is 0 Å². The summed E-state index contributed by atoms with van der Waals surface area (Å²) in [5, 5.41) is 0. The molecule has 1 rings (SSSR count). The summed E-state index contributed by atoms with van der Waals surface area (Å²) in [6.45, 7) is 0. The summed E-state index contributed by atoms with van der Waals surface area (Å²) in [6, 6.07) is -0.617. The number of hydrogen-bond donors (Lipinski definition) is 0. The summed E-state index contributed by atoms with van der Waals surface area (Å²) in [4.78, 5) is 9.69. The molecule has 0 radical (unpaired) electrons. The third-order valence-electron chi connectivity index (χ3n) is 1.05. The third-order valence-corrected chi connectivity index (χ3v) is 1.79. The molecule has 0 spiro atoms. The van der Waals surface area contributed by atoms with E-state index < -0.39 is 25.7 Å². The second-order valence-electron chi connectivity index (χ2n) is 2.26. The molecule has 0 amide bonds. The Labute approximate surface area is 119 Å². The SMILES string of the molecule is Fc1nc(OC(Cl)(Cl)Cl)nc(C(Cl)(Cl)Cl)n1. The number of aromatic nitrogens is 3. The highest BCUT2D eigenvalue weighted by atomic mass is 35.6. The first kappa shape index (κ1) is 14.5. The van der Waals surface area contributed by atoms with Crippen molar-refractivity contribution in [2.24, 2.45) is 0 Å². The average molecular weight is 350 g/mol. The summed E-state index contributed by atoms with van der Waals surface area (Å²) >= 11 is 32.1. The first-order valence-electron chi connectivity index (χ1n) is 3.32. The Hall–Kier alpha value is 0.480. The van der Waals surface area contributed by atoms with Gasteiger partial charge >= 0.3 is 16.1 Å². The summed E-state index contributed by atoms with van der Waals surface area (Å²) in [7, 11) is 0. The van der Waals surface area contributed by atoms with E-state index in [1.54, 1.807) is 0 Å². The molecule has 0 aliphatic rings. The molecular formula is C5Cl6FN3O. The minimum Gasteiger partial charge on any atom is -0.412 e. The molecule has 16 heavy (non-hydrogen) atoms. The first-order chi connectivity index (χ1) is 7.08. The molecule has 0 fully saturated rings. The summed E-state index contributed by atoms with van der Waals surface area (Å²) in [5.41, 5.74) is 0. The highest BCUT2D eigenvalue weighted by molar-refractivity contribution is 6.67. The fraction of sp³-hybridized carbons (Fsp3) is 0.400. The molecule has 1 heterocycles. The molecular weight excluding hydrogens is 350 g/mol. The van der Waals surface area contributed by atoms with Gasteiger partial charge < -0.3 is 4.74 Å². The Morgan fingerprint density at radius 2 is 1.50 bits per heavy atom. The molecule has 4 nitrogen and oxygen atoms in total. The van der Waals surface area contributed by atoms with E-state index in [4.69, 9.17) is 69.6 Å². The van der Waals surface area contributed by atoms with Gasteiger partial charge in [-0.25, -0.2) is 0 Å². The fourth-order valence-electron chi connectivity index (χ4n) is 0.608. The summed E-state index contributed by atoms with van der Waals surface area (Å²) in [5.74, 6) is -0.491. The molecule has 0 saturated carbocycles. The van der Waals surface area contributed by atoms with Crippen LogP contribution in [0.4, 0.5) is 4.39 Å². The molecule has 0 aliphatic heterocycles. The number of hydrogen-bond acceptors (Lipinski definition) is 4. The Kier molecular flexibility index (Phi) is 4.54. The van der Waals surface area contributed by atoms with Gasteiger partial charge in [0.2, 0.25) is 3.79 Å². The van der Waals surface area contributed by atoms with Gasteiger partial charge in [0.05, 0.1) is 0 Å². The van der Waals surface area contributed by atoms with E-state index in [9.17, 15) is 4.39 Å². The Balaban J connectivity index is 3.09. The van der Waals surface area contributed by atoms with Crippen LogP contribution in [0.2, 0.25) is 0 Å². The van der Waals surface area contributed by atoms with Crippen LogP contribution < -0.4 is 4.74 Å². The van der Waals surface area contributed by atoms with Gasteiger partial charge in [-0.2, -0.15) is 14.4 Å². The third kappa shape index (κ3) is 4.77. The molecule has 0 bridgehead atoms. The van der Waals surface area contributed by atoms with Crippen LogP contribution in [0.5, 0.6) is 6.01 Å². The van der Waals surface area contributed by atoms with Gasteiger partial charge in [-0.3, -0.25) is 0 Å². The van der Waals surface area contributed by atoms with Crippen LogP contribution in [0.1, 0.15) is 5.82 Å². The molecule has 1 aromatic heterocycles. The largest absolute Gasteiger partial charge is 0.412 e. The van der Waals surface area contributed by atoms with Gasteiger partial charge in [0.25, 0.3) is 0 Å². The lowest BCUT2D eigenvalue weighted by atomic mass is 10.7. The first-order valence-corrected chi connectivity index (χ1v) is 5.59. The van der Waals surface area contributed by atoms with E-state index in [0.717, 1.165) is 0 Å². The minimum atomic E-state index is -2.17. The summed E-state index contributed by atoms with van der Waals surface area (Å²) in [6.07, 6.45) is -1.24. The van der Waals surface area contributed by atoms with Gasteiger partial charge in [-0.15, -0.1) is 4.98 Å². The lowest BCUT2D eigenvalue weighted by Crippen LogP contribution is -2.18. The Morgan fingerprint density at radius 3 is 1.94 bits per heavy atom. The van der Waals surface area contributed by atoms with Crippen LogP contribution in [-0.2, 0) is 3.79 Å². The van der Waals surface area contributed by atoms with E-state index in [1.165, 1.54) is 0 Å². The van der Waals surface area contributed by atoms with Crippen molar-refractivity contribution >= 4 is 69.6 Å². The van der Waals surface area contributed by atoms with Crippen molar-refractivity contribution in [3.8, 4) is 6.01 Å². The van der Waals surface area contributed by atoms with Crippen LogP contribution in [-0.4, -0.2) is 18.9 Å². The zero-order valence-corrected chi connectivity index (χ0v) is 11.4. The number of nitrogens with zero attached hydrogens (tertiary/aromatic N) is 3. The van der Waals surface area contributed by atoms with Gasteiger partial charge in [0, 0.05) is 0 Å². The van der Waals surface area contributed by atoms with Crippen molar-refractivity contribution in [1.82, 2.24) is 15.0 Å². The standard InChI is InChI=1S/C5Cl6FN3O/c6-4(7,8)1-13-2(12)15-3(14-1)16-5(9,10)11. The van der Waals surface area contributed by atoms with Gasteiger partial charge in [0.15, 0.2) is 5.82 Å². The van der Waals surface area contributed by atoms with Crippen LogP contribution in [0.3, 0.4) is 0 Å². The van der Waals surface area contributed by atoms with Crippen LogP contribution in [0, 0.1) is 6.08 Å². The van der Waals surface area contributed by atoms with Gasteiger partial charge in [0.1, 0.15) is 0 Å². The maximum Gasteiger partial charge on any atom is 0.341 e. The summed E-state index contributed by atoms with van der Waals surface area (Å²) < 4.78 is 13.2. The fourth-order valence-corrected chi connectivity index (χ4v) is 1.07.